The molecule has 0 unspecified atom stereocenters. The second-order valence-corrected chi connectivity index (χ2v) is 7.59. The third kappa shape index (κ3) is 5.54. The zero-order valence-electron chi connectivity index (χ0n) is 17.4. The minimum Gasteiger partial charge on any atom is -0.480 e. The first-order chi connectivity index (χ1) is 14.6. The molecule has 0 bridgehead atoms. The zero-order chi connectivity index (χ0) is 21.3. The highest BCUT2D eigenvalue weighted by molar-refractivity contribution is 7.80. The lowest BCUT2D eigenvalue weighted by molar-refractivity contribution is 0.401. The van der Waals surface area contributed by atoms with Gasteiger partial charge in [0.1, 0.15) is 10.8 Å². The average molecular weight is 421 g/mol. The number of methoxy groups -OCH3 is 1. The van der Waals surface area contributed by atoms with Crippen LogP contribution >= 0.6 is 12.2 Å². The van der Waals surface area contributed by atoms with Crippen molar-refractivity contribution in [2.24, 2.45) is 0 Å². The van der Waals surface area contributed by atoms with E-state index in [9.17, 15) is 0 Å². The molecule has 0 aliphatic heterocycles. The van der Waals surface area contributed by atoms with Crippen molar-refractivity contribution in [3.8, 4) is 17.1 Å². The van der Waals surface area contributed by atoms with Crippen LogP contribution in [0.5, 0.6) is 5.88 Å². The fraction of sp³-hybridized carbons (Fsp3) is 0.292. The lowest BCUT2D eigenvalue weighted by Gasteiger charge is -2.08. The van der Waals surface area contributed by atoms with E-state index in [1.54, 1.807) is 13.3 Å². The highest BCUT2D eigenvalue weighted by atomic mass is 32.1. The van der Waals surface area contributed by atoms with Crippen molar-refractivity contribution < 1.29 is 4.74 Å². The molecule has 6 heteroatoms. The summed E-state index contributed by atoms with van der Waals surface area (Å²) in [4.78, 5) is 13.3. The highest BCUT2D eigenvalue weighted by Crippen LogP contribution is 2.30. The number of hydrogen-bond donors (Lipinski definition) is 2. The maximum absolute atomic E-state index is 5.51. The van der Waals surface area contributed by atoms with Crippen LogP contribution in [0, 0.1) is 0 Å². The van der Waals surface area contributed by atoms with Crippen LogP contribution in [-0.4, -0.2) is 27.1 Å². The SMILES string of the molecule is C=CNC(=S)C(=C)CCCCCCc1ncc(-c2cc3ccccc3nc2OC)[nH]1. The van der Waals surface area contributed by atoms with E-state index in [2.05, 4.69) is 45.6 Å². The van der Waals surface area contributed by atoms with Gasteiger partial charge in [0, 0.05) is 11.8 Å². The van der Waals surface area contributed by atoms with Crippen LogP contribution < -0.4 is 10.1 Å². The van der Waals surface area contributed by atoms with E-state index in [4.69, 9.17) is 17.0 Å². The van der Waals surface area contributed by atoms with Gasteiger partial charge in [-0.15, -0.1) is 0 Å². The zero-order valence-corrected chi connectivity index (χ0v) is 18.2. The number of nitrogens with zero attached hydrogens (tertiary/aromatic N) is 2. The van der Waals surface area contributed by atoms with Crippen LogP contribution in [0.3, 0.4) is 0 Å². The topological polar surface area (TPSA) is 62.8 Å². The predicted molar refractivity (Wildman–Crippen MR) is 128 cm³/mol. The molecule has 0 saturated heterocycles. The van der Waals surface area contributed by atoms with E-state index >= 15 is 0 Å². The molecular weight excluding hydrogens is 392 g/mol. The highest BCUT2D eigenvalue weighted by Gasteiger charge is 2.12. The quantitative estimate of drug-likeness (QED) is 0.235. The number of fused-ring (bicyclic) bond motifs is 1. The Bertz CT molecular complexity index is 1040. The van der Waals surface area contributed by atoms with Crippen LogP contribution in [0.2, 0.25) is 0 Å². The Kier molecular flexibility index (Phi) is 7.74. The van der Waals surface area contributed by atoms with Gasteiger partial charge in [-0.3, -0.25) is 0 Å². The number of H-pyrrole nitrogens is 1. The van der Waals surface area contributed by atoms with Crippen LogP contribution in [0.15, 0.2) is 61.5 Å². The first-order valence-electron chi connectivity index (χ1n) is 10.2. The molecule has 0 saturated carbocycles. The summed E-state index contributed by atoms with van der Waals surface area (Å²) in [6.45, 7) is 7.64. The van der Waals surface area contributed by atoms with Crippen molar-refractivity contribution in [3.63, 3.8) is 0 Å². The number of nitrogens with one attached hydrogen (secondary N) is 2. The Morgan fingerprint density at radius 2 is 2.03 bits per heavy atom. The maximum atomic E-state index is 5.51. The van der Waals surface area contributed by atoms with Gasteiger partial charge < -0.3 is 15.0 Å². The van der Waals surface area contributed by atoms with Crippen LogP contribution in [0.1, 0.15) is 37.9 Å². The van der Waals surface area contributed by atoms with Crippen molar-refractivity contribution in [1.29, 1.82) is 0 Å². The number of ether oxygens (including phenoxy) is 1. The Labute approximate surface area is 183 Å². The third-order valence-corrected chi connectivity index (χ3v) is 5.40. The van der Waals surface area contributed by atoms with E-state index in [1.165, 1.54) is 0 Å². The Balaban J connectivity index is 1.51. The lowest BCUT2D eigenvalue weighted by Crippen LogP contribution is -2.15. The summed E-state index contributed by atoms with van der Waals surface area (Å²) in [7, 11) is 1.65. The number of aromatic amines is 1. The van der Waals surface area contributed by atoms with Crippen molar-refractivity contribution in [1.82, 2.24) is 20.3 Å². The normalized spacial score (nSPS) is 10.7. The molecule has 3 rings (SSSR count). The second-order valence-electron chi connectivity index (χ2n) is 7.18. The lowest BCUT2D eigenvalue weighted by atomic mass is 10.1. The predicted octanol–water partition coefficient (Wildman–Crippen LogP) is 5.74. The minimum absolute atomic E-state index is 0.605. The minimum atomic E-state index is 0.605. The van der Waals surface area contributed by atoms with Crippen molar-refractivity contribution in [2.75, 3.05) is 7.11 Å². The molecular formula is C24H28N4OS. The monoisotopic (exact) mass is 420 g/mol. The Morgan fingerprint density at radius 1 is 1.23 bits per heavy atom. The molecule has 156 valence electrons. The maximum Gasteiger partial charge on any atom is 0.223 e. The average Bonchev–Trinajstić information content (AvgIpc) is 3.23. The van der Waals surface area contributed by atoms with Gasteiger partial charge in [-0.25, -0.2) is 9.97 Å². The summed E-state index contributed by atoms with van der Waals surface area (Å²) in [5, 5.41) is 4.00. The summed E-state index contributed by atoms with van der Waals surface area (Å²) >= 11 is 5.22. The molecule has 0 atom stereocenters. The van der Waals surface area contributed by atoms with Gasteiger partial charge in [0.05, 0.1) is 30.1 Å². The molecule has 0 aliphatic rings. The van der Waals surface area contributed by atoms with Crippen molar-refractivity contribution >= 4 is 28.1 Å². The van der Waals surface area contributed by atoms with Gasteiger partial charge in [0.2, 0.25) is 5.88 Å². The molecule has 2 aromatic heterocycles. The first-order valence-corrected chi connectivity index (χ1v) is 10.6. The van der Waals surface area contributed by atoms with Crippen molar-refractivity contribution in [3.05, 3.63) is 67.3 Å². The van der Waals surface area contributed by atoms with Gasteiger partial charge >= 0.3 is 0 Å². The van der Waals surface area contributed by atoms with Gasteiger partial charge in [-0.1, -0.05) is 56.4 Å². The molecule has 1 aromatic carbocycles. The summed E-state index contributed by atoms with van der Waals surface area (Å²) < 4.78 is 5.51. The number of unbranched alkanes of at least 4 members (excludes halogenated alkanes) is 3. The molecule has 30 heavy (non-hydrogen) atoms. The number of para-hydroxylation sites is 1. The van der Waals surface area contributed by atoms with E-state index in [1.807, 2.05) is 24.4 Å². The van der Waals surface area contributed by atoms with Crippen LogP contribution in [0.25, 0.3) is 22.2 Å². The Hall–Kier alpha value is -2.99. The number of pyridine rings is 1. The number of aryl methyl sites for hydroxylation is 1. The van der Waals surface area contributed by atoms with Crippen LogP contribution in [0.4, 0.5) is 0 Å². The summed E-state index contributed by atoms with van der Waals surface area (Å²) in [5.41, 5.74) is 3.75. The molecule has 3 aromatic rings. The number of hydrogen-bond acceptors (Lipinski definition) is 4. The largest absolute Gasteiger partial charge is 0.480 e. The van der Waals surface area contributed by atoms with E-state index in [0.717, 1.165) is 72.1 Å². The fourth-order valence-corrected chi connectivity index (χ4v) is 3.55. The number of thiocarbonyl (C=S) groups is 1. The molecule has 0 spiro atoms. The first kappa shape index (κ1) is 21.7. The molecule has 2 N–H and O–H groups in total. The van der Waals surface area contributed by atoms with Crippen molar-refractivity contribution in [2.45, 2.75) is 38.5 Å². The smallest absolute Gasteiger partial charge is 0.223 e. The molecule has 0 radical (unpaired) electrons. The summed E-state index contributed by atoms with van der Waals surface area (Å²) in [6.07, 6.45) is 9.75. The van der Waals surface area contributed by atoms with E-state index < -0.39 is 0 Å². The van der Waals surface area contributed by atoms with Gasteiger partial charge in [-0.2, -0.15) is 0 Å². The Morgan fingerprint density at radius 3 is 2.83 bits per heavy atom. The van der Waals surface area contributed by atoms with E-state index in [0.29, 0.717) is 10.9 Å². The van der Waals surface area contributed by atoms with Gasteiger partial charge in [0.15, 0.2) is 0 Å². The number of rotatable bonds is 11. The summed E-state index contributed by atoms with van der Waals surface area (Å²) in [6, 6.07) is 10.1. The molecule has 0 aliphatic carbocycles. The van der Waals surface area contributed by atoms with E-state index in [-0.39, 0.29) is 0 Å². The number of imidazole rings is 1. The van der Waals surface area contributed by atoms with Gasteiger partial charge in [0.25, 0.3) is 0 Å². The standard InChI is InChI=1S/C24H28N4OS/c1-4-25-24(30)17(2)11-7-5-6-8-14-22-26-16-21(27-22)19-15-18-12-9-10-13-20(18)28-23(19)29-3/h4,9-10,12-13,15-16H,1-2,5-8,11,14H2,3H3,(H,25,30)(H,26,27). The molecule has 0 fully saturated rings. The third-order valence-electron chi connectivity index (χ3n) is 5.00. The second kappa shape index (κ2) is 10.7. The van der Waals surface area contributed by atoms with Gasteiger partial charge in [-0.05, 0) is 43.2 Å². The molecule has 2 heterocycles. The number of aromatic nitrogens is 3. The number of benzene rings is 1. The van der Waals surface area contributed by atoms with Crippen LogP contribution in [-0.2, 0) is 6.42 Å². The molecule has 0 amide bonds. The summed E-state index contributed by atoms with van der Waals surface area (Å²) in [5.74, 6) is 1.59. The fourth-order valence-electron chi connectivity index (χ4n) is 3.37. The molecule has 5 nitrogen and oxygen atoms in total.